The van der Waals surface area contributed by atoms with E-state index in [1.165, 1.54) is 17.1 Å². The van der Waals surface area contributed by atoms with E-state index in [4.69, 9.17) is 4.42 Å². The van der Waals surface area contributed by atoms with Gasteiger partial charge in [0.05, 0.1) is 6.54 Å². The van der Waals surface area contributed by atoms with Gasteiger partial charge in [-0.3, -0.25) is 9.59 Å². The van der Waals surface area contributed by atoms with Crippen molar-refractivity contribution in [1.82, 2.24) is 15.2 Å². The second-order valence-corrected chi connectivity index (χ2v) is 4.46. The Hall–Kier alpha value is -2.63. The minimum atomic E-state index is -0.220. The first-order chi connectivity index (χ1) is 9.72. The monoisotopic (exact) mass is 271 g/mol. The minimum Gasteiger partial charge on any atom is -0.437 e. The zero-order valence-corrected chi connectivity index (χ0v) is 10.7. The summed E-state index contributed by atoms with van der Waals surface area (Å²) in [5, 5.41) is 2.67. The van der Waals surface area contributed by atoms with Crippen molar-refractivity contribution in [2.24, 2.45) is 0 Å². The van der Waals surface area contributed by atoms with E-state index in [-0.39, 0.29) is 18.4 Å². The van der Waals surface area contributed by atoms with Crippen molar-refractivity contribution >= 4 is 29.0 Å². The van der Waals surface area contributed by atoms with Crippen molar-refractivity contribution in [3.63, 3.8) is 0 Å². The number of amides is 2. The van der Waals surface area contributed by atoms with Gasteiger partial charge in [-0.15, -0.1) is 0 Å². The molecule has 1 aromatic carbocycles. The van der Waals surface area contributed by atoms with E-state index in [9.17, 15) is 9.59 Å². The molecule has 3 rings (SSSR count). The van der Waals surface area contributed by atoms with E-state index in [0.29, 0.717) is 24.6 Å². The van der Waals surface area contributed by atoms with Gasteiger partial charge in [0.1, 0.15) is 5.52 Å². The predicted octanol–water partition coefficient (Wildman–Crippen LogP) is 0.799. The summed E-state index contributed by atoms with van der Waals surface area (Å²) in [4.78, 5) is 28.9. The zero-order chi connectivity index (χ0) is 13.9. The van der Waals surface area contributed by atoms with Crippen LogP contribution in [0, 0.1) is 0 Å². The summed E-state index contributed by atoms with van der Waals surface area (Å²) >= 11 is 0. The number of oxazole rings is 1. The van der Waals surface area contributed by atoms with Gasteiger partial charge in [-0.05, 0) is 12.1 Å². The number of hydrogen-bond donors (Lipinski definition) is 1. The minimum absolute atomic E-state index is 0.0940. The van der Waals surface area contributed by atoms with Crippen molar-refractivity contribution in [3.05, 3.63) is 36.2 Å². The van der Waals surface area contributed by atoms with Gasteiger partial charge in [0.2, 0.25) is 17.7 Å². The Balaban J connectivity index is 1.72. The van der Waals surface area contributed by atoms with Crippen LogP contribution in [0.2, 0.25) is 0 Å². The fraction of sp³-hybridized carbons (Fsp3) is 0.214. The maximum Gasteiger partial charge on any atom is 0.247 e. The number of nitrogens with zero attached hydrogens (tertiary/aromatic N) is 2. The summed E-state index contributed by atoms with van der Waals surface area (Å²) in [6, 6.07) is 7.39. The molecule has 0 spiro atoms. The van der Waals surface area contributed by atoms with Crippen LogP contribution in [0.25, 0.3) is 17.2 Å². The third-order valence-electron chi connectivity index (χ3n) is 3.03. The van der Waals surface area contributed by atoms with Gasteiger partial charge in [0.15, 0.2) is 5.58 Å². The molecular formula is C14H13N3O3. The molecular weight excluding hydrogens is 258 g/mol. The molecule has 6 heteroatoms. The van der Waals surface area contributed by atoms with E-state index < -0.39 is 0 Å². The SMILES string of the molecule is O=C1CN(C(=O)C=Cc2nc3ccccc3o2)CCN1. The molecule has 102 valence electrons. The Morgan fingerprint density at radius 3 is 3.05 bits per heavy atom. The molecule has 2 heterocycles. The molecule has 0 unspecified atom stereocenters. The lowest BCUT2D eigenvalue weighted by Gasteiger charge is -2.25. The fourth-order valence-electron chi connectivity index (χ4n) is 2.04. The standard InChI is InChI=1S/C14H13N3O3/c18-12-9-17(8-7-15-12)14(19)6-5-13-16-10-3-1-2-4-11(10)20-13/h1-6H,7-9H2,(H,15,18). The lowest BCUT2D eigenvalue weighted by molar-refractivity contribution is -0.134. The summed E-state index contributed by atoms with van der Waals surface area (Å²) in [5.74, 6) is 0.0166. The molecule has 1 aliphatic rings. The van der Waals surface area contributed by atoms with Crippen molar-refractivity contribution in [3.8, 4) is 0 Å². The summed E-state index contributed by atoms with van der Waals surface area (Å²) in [6.45, 7) is 1.10. The number of hydrogen-bond acceptors (Lipinski definition) is 4. The molecule has 1 aromatic heterocycles. The van der Waals surface area contributed by atoms with E-state index in [1.54, 1.807) is 0 Å². The van der Waals surface area contributed by atoms with Gasteiger partial charge in [0, 0.05) is 25.2 Å². The first-order valence-electron chi connectivity index (χ1n) is 6.31. The van der Waals surface area contributed by atoms with Gasteiger partial charge >= 0.3 is 0 Å². The normalized spacial score (nSPS) is 15.8. The quantitative estimate of drug-likeness (QED) is 0.820. The maximum atomic E-state index is 11.9. The van der Waals surface area contributed by atoms with E-state index >= 15 is 0 Å². The number of carbonyl (C=O) groups excluding carboxylic acids is 2. The molecule has 20 heavy (non-hydrogen) atoms. The summed E-state index contributed by atoms with van der Waals surface area (Å²) < 4.78 is 5.48. The van der Waals surface area contributed by atoms with E-state index in [0.717, 1.165) is 5.52 Å². The van der Waals surface area contributed by atoms with Crippen molar-refractivity contribution in [2.45, 2.75) is 0 Å². The van der Waals surface area contributed by atoms with Crippen LogP contribution < -0.4 is 5.32 Å². The molecule has 0 radical (unpaired) electrons. The van der Waals surface area contributed by atoms with Crippen LogP contribution in [0.5, 0.6) is 0 Å². The number of para-hydroxylation sites is 2. The third-order valence-corrected chi connectivity index (χ3v) is 3.03. The van der Waals surface area contributed by atoms with Crippen molar-refractivity contribution in [1.29, 1.82) is 0 Å². The first kappa shape index (κ1) is 12.4. The number of carbonyl (C=O) groups is 2. The number of piperazine rings is 1. The number of nitrogens with one attached hydrogen (secondary N) is 1. The van der Waals surface area contributed by atoms with Crippen LogP contribution >= 0.6 is 0 Å². The molecule has 0 saturated carbocycles. The molecule has 0 atom stereocenters. The van der Waals surface area contributed by atoms with Crippen LogP contribution in [0.3, 0.4) is 0 Å². The van der Waals surface area contributed by atoms with Crippen LogP contribution in [-0.4, -0.2) is 41.3 Å². The second-order valence-electron chi connectivity index (χ2n) is 4.46. The smallest absolute Gasteiger partial charge is 0.247 e. The summed E-state index contributed by atoms with van der Waals surface area (Å²) in [5.41, 5.74) is 1.42. The Bertz CT molecular complexity index is 657. The van der Waals surface area contributed by atoms with Gasteiger partial charge in [0.25, 0.3) is 0 Å². The zero-order valence-electron chi connectivity index (χ0n) is 10.7. The van der Waals surface area contributed by atoms with Gasteiger partial charge in [-0.2, -0.15) is 0 Å². The highest BCUT2D eigenvalue weighted by molar-refractivity contribution is 5.94. The van der Waals surface area contributed by atoms with Crippen LogP contribution in [-0.2, 0) is 9.59 Å². The van der Waals surface area contributed by atoms with Crippen LogP contribution in [0.4, 0.5) is 0 Å². The summed E-state index contributed by atoms with van der Waals surface area (Å²) in [7, 11) is 0. The van der Waals surface area contributed by atoms with E-state index in [1.807, 2.05) is 24.3 Å². The topological polar surface area (TPSA) is 75.4 Å². The molecule has 6 nitrogen and oxygen atoms in total. The lowest BCUT2D eigenvalue weighted by Crippen LogP contribution is -2.49. The molecule has 1 fully saturated rings. The Kier molecular flexibility index (Phi) is 3.20. The van der Waals surface area contributed by atoms with Crippen LogP contribution in [0.15, 0.2) is 34.8 Å². The maximum absolute atomic E-state index is 11.9. The largest absolute Gasteiger partial charge is 0.437 e. The third kappa shape index (κ3) is 2.54. The highest BCUT2D eigenvalue weighted by Crippen LogP contribution is 2.15. The van der Waals surface area contributed by atoms with Gasteiger partial charge in [-0.25, -0.2) is 4.98 Å². The van der Waals surface area contributed by atoms with Gasteiger partial charge in [-0.1, -0.05) is 12.1 Å². The Morgan fingerprint density at radius 1 is 1.40 bits per heavy atom. The van der Waals surface area contributed by atoms with Crippen molar-refractivity contribution in [2.75, 3.05) is 19.6 Å². The highest BCUT2D eigenvalue weighted by Gasteiger charge is 2.19. The van der Waals surface area contributed by atoms with Crippen LogP contribution in [0.1, 0.15) is 5.89 Å². The number of fused-ring (bicyclic) bond motifs is 1. The molecule has 0 bridgehead atoms. The molecule has 0 aliphatic carbocycles. The Morgan fingerprint density at radius 2 is 2.25 bits per heavy atom. The molecule has 1 N–H and O–H groups in total. The highest BCUT2D eigenvalue weighted by atomic mass is 16.3. The van der Waals surface area contributed by atoms with E-state index in [2.05, 4.69) is 10.3 Å². The Labute approximate surface area is 115 Å². The first-order valence-corrected chi connectivity index (χ1v) is 6.31. The number of aromatic nitrogens is 1. The second kappa shape index (κ2) is 5.16. The number of benzene rings is 1. The fourth-order valence-corrected chi connectivity index (χ4v) is 2.04. The summed E-state index contributed by atoms with van der Waals surface area (Å²) in [6.07, 6.45) is 2.90. The average Bonchev–Trinajstić information content (AvgIpc) is 2.87. The van der Waals surface area contributed by atoms with Crippen molar-refractivity contribution < 1.29 is 14.0 Å². The molecule has 1 saturated heterocycles. The molecule has 2 aromatic rings. The average molecular weight is 271 g/mol. The van der Waals surface area contributed by atoms with Gasteiger partial charge < -0.3 is 14.6 Å². The number of rotatable bonds is 2. The molecule has 2 amide bonds. The molecule has 1 aliphatic heterocycles. The lowest BCUT2D eigenvalue weighted by atomic mass is 10.3. The predicted molar refractivity (Wildman–Crippen MR) is 72.6 cm³/mol.